The van der Waals surface area contributed by atoms with Crippen LogP contribution in [0.3, 0.4) is 0 Å². The van der Waals surface area contributed by atoms with Gasteiger partial charge in [0.15, 0.2) is 0 Å². The number of aryl methyl sites for hydroxylation is 2. The number of hydrogen-bond donors (Lipinski definition) is 0. The molecule has 0 amide bonds. The van der Waals surface area contributed by atoms with E-state index in [1.165, 1.54) is 6.07 Å². The lowest BCUT2D eigenvalue weighted by Crippen LogP contribution is -2.24. The van der Waals surface area contributed by atoms with Gasteiger partial charge in [-0.1, -0.05) is 17.7 Å². The SMILES string of the molecule is Cc1cccnc1Cn1c(C)nc(Cl)cc1=O. The van der Waals surface area contributed by atoms with Crippen LogP contribution in [0, 0.1) is 13.8 Å². The molecule has 0 aliphatic heterocycles. The van der Waals surface area contributed by atoms with Crippen molar-refractivity contribution in [2.45, 2.75) is 20.4 Å². The molecule has 0 saturated carbocycles. The Hall–Kier alpha value is -1.68. The van der Waals surface area contributed by atoms with Crippen LogP contribution >= 0.6 is 11.6 Å². The molecule has 0 spiro atoms. The zero-order valence-electron chi connectivity index (χ0n) is 9.64. The van der Waals surface area contributed by atoms with Crippen molar-refractivity contribution >= 4 is 11.6 Å². The van der Waals surface area contributed by atoms with Gasteiger partial charge >= 0.3 is 0 Å². The predicted molar refractivity (Wildman–Crippen MR) is 66.3 cm³/mol. The van der Waals surface area contributed by atoms with Crippen LogP contribution in [0.1, 0.15) is 17.1 Å². The van der Waals surface area contributed by atoms with Gasteiger partial charge in [-0.2, -0.15) is 0 Å². The molecule has 88 valence electrons. The second-order valence-electron chi connectivity index (χ2n) is 3.82. The highest BCUT2D eigenvalue weighted by atomic mass is 35.5. The summed E-state index contributed by atoms with van der Waals surface area (Å²) >= 11 is 5.72. The number of aromatic nitrogens is 3. The molecule has 4 nitrogen and oxygen atoms in total. The van der Waals surface area contributed by atoms with Crippen LogP contribution in [0.5, 0.6) is 0 Å². The molecule has 2 heterocycles. The first-order valence-electron chi connectivity index (χ1n) is 5.22. The largest absolute Gasteiger partial charge is 0.291 e. The van der Waals surface area contributed by atoms with E-state index in [0.29, 0.717) is 12.4 Å². The molecule has 0 N–H and O–H groups in total. The molecule has 5 heteroatoms. The molecule has 2 rings (SSSR count). The molecule has 17 heavy (non-hydrogen) atoms. The van der Waals surface area contributed by atoms with Crippen molar-refractivity contribution in [2.75, 3.05) is 0 Å². The van der Waals surface area contributed by atoms with E-state index in [4.69, 9.17) is 11.6 Å². The minimum absolute atomic E-state index is 0.160. The quantitative estimate of drug-likeness (QED) is 0.765. The van der Waals surface area contributed by atoms with E-state index < -0.39 is 0 Å². The van der Waals surface area contributed by atoms with Crippen molar-refractivity contribution in [2.24, 2.45) is 0 Å². The highest BCUT2D eigenvalue weighted by molar-refractivity contribution is 6.29. The van der Waals surface area contributed by atoms with Crippen molar-refractivity contribution in [3.8, 4) is 0 Å². The minimum Gasteiger partial charge on any atom is -0.291 e. The van der Waals surface area contributed by atoms with Crippen LogP contribution in [-0.4, -0.2) is 14.5 Å². The lowest BCUT2D eigenvalue weighted by atomic mass is 10.2. The minimum atomic E-state index is -0.160. The van der Waals surface area contributed by atoms with Gasteiger partial charge < -0.3 is 0 Å². The maximum atomic E-state index is 11.8. The fourth-order valence-corrected chi connectivity index (χ4v) is 1.83. The molecule has 0 aliphatic rings. The molecule has 0 radical (unpaired) electrons. The molecule has 0 unspecified atom stereocenters. The van der Waals surface area contributed by atoms with E-state index in [2.05, 4.69) is 9.97 Å². The van der Waals surface area contributed by atoms with Gasteiger partial charge in [0.2, 0.25) is 0 Å². The maximum absolute atomic E-state index is 11.8. The zero-order chi connectivity index (χ0) is 12.4. The maximum Gasteiger partial charge on any atom is 0.255 e. The van der Waals surface area contributed by atoms with Gasteiger partial charge in [-0.25, -0.2) is 4.98 Å². The molecule has 0 aliphatic carbocycles. The Kier molecular flexibility index (Phi) is 3.24. The Bertz CT molecular complexity index is 607. The van der Waals surface area contributed by atoms with Gasteiger partial charge in [-0.3, -0.25) is 14.3 Å². The Morgan fingerprint density at radius 3 is 2.82 bits per heavy atom. The number of rotatable bonds is 2. The summed E-state index contributed by atoms with van der Waals surface area (Å²) in [5, 5.41) is 0.224. The lowest BCUT2D eigenvalue weighted by molar-refractivity contribution is 0.683. The van der Waals surface area contributed by atoms with Crippen molar-refractivity contribution in [1.82, 2.24) is 14.5 Å². The second kappa shape index (κ2) is 4.67. The van der Waals surface area contributed by atoms with Crippen LogP contribution < -0.4 is 5.56 Å². The first kappa shape index (κ1) is 11.8. The summed E-state index contributed by atoms with van der Waals surface area (Å²) in [5.41, 5.74) is 1.75. The van der Waals surface area contributed by atoms with Gasteiger partial charge in [0, 0.05) is 12.3 Å². The molecular formula is C12H12ClN3O. The van der Waals surface area contributed by atoms with Crippen LogP contribution in [-0.2, 0) is 6.54 Å². The third-order valence-electron chi connectivity index (χ3n) is 2.59. The van der Waals surface area contributed by atoms with Crippen LogP contribution in [0.15, 0.2) is 29.2 Å². The molecule has 0 fully saturated rings. The summed E-state index contributed by atoms with van der Waals surface area (Å²) in [6.45, 7) is 4.14. The highest BCUT2D eigenvalue weighted by Crippen LogP contribution is 2.07. The number of halogens is 1. The molecule has 0 saturated heterocycles. The van der Waals surface area contributed by atoms with E-state index in [0.717, 1.165) is 11.3 Å². The Morgan fingerprint density at radius 1 is 1.41 bits per heavy atom. The summed E-state index contributed by atoms with van der Waals surface area (Å²) in [6, 6.07) is 5.15. The van der Waals surface area contributed by atoms with Crippen molar-refractivity contribution < 1.29 is 0 Å². The Labute approximate surface area is 104 Å². The van der Waals surface area contributed by atoms with E-state index in [1.807, 2.05) is 19.1 Å². The summed E-state index contributed by atoms with van der Waals surface area (Å²) in [6.07, 6.45) is 1.71. The summed E-state index contributed by atoms with van der Waals surface area (Å²) in [4.78, 5) is 20.1. The summed E-state index contributed by atoms with van der Waals surface area (Å²) < 4.78 is 1.56. The van der Waals surface area contributed by atoms with Crippen LogP contribution in [0.4, 0.5) is 0 Å². The number of nitrogens with zero attached hydrogens (tertiary/aromatic N) is 3. The topological polar surface area (TPSA) is 47.8 Å². The van der Waals surface area contributed by atoms with Crippen molar-refractivity contribution in [3.05, 3.63) is 57.0 Å². The zero-order valence-corrected chi connectivity index (χ0v) is 10.4. The second-order valence-corrected chi connectivity index (χ2v) is 4.20. The number of hydrogen-bond acceptors (Lipinski definition) is 3. The van der Waals surface area contributed by atoms with E-state index >= 15 is 0 Å². The highest BCUT2D eigenvalue weighted by Gasteiger charge is 2.06. The van der Waals surface area contributed by atoms with Gasteiger partial charge in [-0.05, 0) is 25.5 Å². The fraction of sp³-hybridized carbons (Fsp3) is 0.250. The molecular weight excluding hydrogens is 238 g/mol. The lowest BCUT2D eigenvalue weighted by Gasteiger charge is -2.10. The van der Waals surface area contributed by atoms with Crippen molar-refractivity contribution in [3.63, 3.8) is 0 Å². The van der Waals surface area contributed by atoms with Gasteiger partial charge in [0.25, 0.3) is 5.56 Å². The van der Waals surface area contributed by atoms with E-state index in [-0.39, 0.29) is 10.7 Å². The normalized spacial score (nSPS) is 10.5. The predicted octanol–water partition coefficient (Wildman–Crippen LogP) is 1.96. The smallest absolute Gasteiger partial charge is 0.255 e. The molecule has 0 atom stereocenters. The third kappa shape index (κ3) is 2.53. The van der Waals surface area contributed by atoms with Crippen molar-refractivity contribution in [1.29, 1.82) is 0 Å². The van der Waals surface area contributed by atoms with Gasteiger partial charge in [0.05, 0.1) is 12.2 Å². The third-order valence-corrected chi connectivity index (χ3v) is 2.79. The molecule has 2 aromatic rings. The van der Waals surface area contributed by atoms with E-state index in [9.17, 15) is 4.79 Å². The monoisotopic (exact) mass is 249 g/mol. The van der Waals surface area contributed by atoms with Crippen LogP contribution in [0.25, 0.3) is 0 Å². The average molecular weight is 250 g/mol. The van der Waals surface area contributed by atoms with E-state index in [1.54, 1.807) is 17.7 Å². The van der Waals surface area contributed by atoms with Gasteiger partial charge in [0.1, 0.15) is 11.0 Å². The standard InChI is InChI=1S/C12H12ClN3O/c1-8-4-3-5-14-10(8)7-16-9(2)15-11(13)6-12(16)17/h3-6H,7H2,1-2H3. The molecule has 0 bridgehead atoms. The first-order chi connectivity index (χ1) is 8.08. The molecule has 0 aromatic carbocycles. The van der Waals surface area contributed by atoms with Gasteiger partial charge in [-0.15, -0.1) is 0 Å². The first-order valence-corrected chi connectivity index (χ1v) is 5.60. The Balaban J connectivity index is 2.44. The number of pyridine rings is 1. The Morgan fingerprint density at radius 2 is 2.18 bits per heavy atom. The fourth-order valence-electron chi connectivity index (χ4n) is 1.61. The van der Waals surface area contributed by atoms with Crippen LogP contribution in [0.2, 0.25) is 5.15 Å². The average Bonchev–Trinajstić information content (AvgIpc) is 2.25. The summed E-state index contributed by atoms with van der Waals surface area (Å²) in [7, 11) is 0. The molecule has 2 aromatic heterocycles. The summed E-state index contributed by atoms with van der Waals surface area (Å²) in [5.74, 6) is 0.590.